The van der Waals surface area contributed by atoms with Gasteiger partial charge in [0.05, 0.1) is 11.6 Å². The highest BCUT2D eigenvalue weighted by atomic mass is 35.5. The molecule has 1 atom stereocenters. The van der Waals surface area contributed by atoms with Gasteiger partial charge in [0.2, 0.25) is 0 Å². The maximum absolute atomic E-state index is 12.4. The van der Waals surface area contributed by atoms with Crippen LogP contribution in [0.25, 0.3) is 0 Å². The van der Waals surface area contributed by atoms with Gasteiger partial charge in [0.25, 0.3) is 5.91 Å². The van der Waals surface area contributed by atoms with Gasteiger partial charge in [-0.05, 0) is 36.6 Å². The van der Waals surface area contributed by atoms with Crippen LogP contribution in [0, 0.1) is 0 Å². The molecule has 19 heavy (non-hydrogen) atoms. The van der Waals surface area contributed by atoms with E-state index in [1.807, 2.05) is 24.4 Å². The molecular formula is C14H15ClN2OS. The first-order chi connectivity index (χ1) is 9.00. The zero-order chi connectivity index (χ0) is 14.0. The first-order valence-electron chi connectivity index (χ1n) is 5.86. The van der Waals surface area contributed by atoms with Gasteiger partial charge >= 0.3 is 0 Å². The summed E-state index contributed by atoms with van der Waals surface area (Å²) in [6.07, 6.45) is 0. The van der Waals surface area contributed by atoms with Gasteiger partial charge in [-0.25, -0.2) is 0 Å². The first kappa shape index (κ1) is 13.9. The van der Waals surface area contributed by atoms with Crippen LogP contribution >= 0.6 is 22.9 Å². The number of rotatable bonds is 3. The average Bonchev–Trinajstić information content (AvgIpc) is 2.90. The van der Waals surface area contributed by atoms with Crippen molar-refractivity contribution in [2.24, 2.45) is 0 Å². The zero-order valence-corrected chi connectivity index (χ0v) is 12.3. The van der Waals surface area contributed by atoms with Crippen LogP contribution in [0.4, 0.5) is 5.69 Å². The summed E-state index contributed by atoms with van der Waals surface area (Å²) in [5.74, 6) is -0.102. The Morgan fingerprint density at radius 3 is 2.74 bits per heavy atom. The van der Waals surface area contributed by atoms with Crippen LogP contribution in [0.15, 0.2) is 35.7 Å². The maximum Gasteiger partial charge on any atom is 0.256 e. The molecule has 3 nitrogen and oxygen atoms in total. The van der Waals surface area contributed by atoms with Crippen LogP contribution in [0.3, 0.4) is 0 Å². The van der Waals surface area contributed by atoms with E-state index in [1.54, 1.807) is 41.5 Å². The molecule has 100 valence electrons. The van der Waals surface area contributed by atoms with Crippen molar-refractivity contribution in [3.05, 3.63) is 51.2 Å². The molecule has 0 fully saturated rings. The molecule has 0 aliphatic rings. The minimum atomic E-state index is -0.102. The Labute approximate surface area is 121 Å². The van der Waals surface area contributed by atoms with Crippen LogP contribution in [0.2, 0.25) is 5.02 Å². The summed E-state index contributed by atoms with van der Waals surface area (Å²) in [5, 5.41) is 2.53. The van der Waals surface area contributed by atoms with Crippen LogP contribution < -0.4 is 5.73 Å². The third kappa shape index (κ3) is 2.91. The van der Waals surface area contributed by atoms with E-state index < -0.39 is 0 Å². The third-order valence-electron chi connectivity index (χ3n) is 3.10. The first-order valence-corrected chi connectivity index (χ1v) is 7.12. The number of benzene rings is 1. The van der Waals surface area contributed by atoms with Crippen molar-refractivity contribution in [3.8, 4) is 0 Å². The topological polar surface area (TPSA) is 46.3 Å². The van der Waals surface area contributed by atoms with Gasteiger partial charge in [-0.1, -0.05) is 17.7 Å². The molecule has 1 unspecified atom stereocenters. The molecule has 0 saturated heterocycles. The second-order valence-corrected chi connectivity index (χ2v) is 5.75. The standard InChI is InChI=1S/C14H15ClN2OS/c1-9(13-4-3-7-19-13)17(2)14(18)11-6-5-10(15)8-12(11)16/h3-9H,16H2,1-2H3. The zero-order valence-electron chi connectivity index (χ0n) is 10.8. The number of nitrogens with two attached hydrogens (primary N) is 1. The number of thiophene rings is 1. The molecule has 1 aromatic carbocycles. The Balaban J connectivity index is 2.24. The number of amides is 1. The molecule has 0 aliphatic carbocycles. The summed E-state index contributed by atoms with van der Waals surface area (Å²) in [4.78, 5) is 15.2. The number of nitrogen functional groups attached to an aromatic ring is 1. The Kier molecular flexibility index (Phi) is 4.12. The second-order valence-electron chi connectivity index (χ2n) is 4.34. The normalized spacial score (nSPS) is 12.2. The molecule has 0 aliphatic heterocycles. The molecule has 0 spiro atoms. The van der Waals surface area contributed by atoms with Crippen molar-refractivity contribution in [3.63, 3.8) is 0 Å². The highest BCUT2D eigenvalue weighted by molar-refractivity contribution is 7.10. The largest absolute Gasteiger partial charge is 0.398 e. The number of hydrogen-bond donors (Lipinski definition) is 1. The van der Waals surface area contributed by atoms with Gasteiger partial charge < -0.3 is 10.6 Å². The second kappa shape index (κ2) is 5.63. The van der Waals surface area contributed by atoms with Crippen molar-refractivity contribution in [2.75, 3.05) is 12.8 Å². The number of carbonyl (C=O) groups is 1. The van der Waals surface area contributed by atoms with Crippen molar-refractivity contribution in [1.82, 2.24) is 4.90 Å². The molecule has 2 aromatic rings. The quantitative estimate of drug-likeness (QED) is 0.875. The van der Waals surface area contributed by atoms with Gasteiger partial charge in [-0.2, -0.15) is 0 Å². The molecule has 0 radical (unpaired) electrons. The van der Waals surface area contributed by atoms with Crippen LogP contribution in [0.5, 0.6) is 0 Å². The summed E-state index contributed by atoms with van der Waals surface area (Å²) >= 11 is 7.47. The van der Waals surface area contributed by atoms with E-state index in [0.717, 1.165) is 4.88 Å². The summed E-state index contributed by atoms with van der Waals surface area (Å²) in [5.41, 5.74) is 6.74. The lowest BCUT2D eigenvalue weighted by molar-refractivity contribution is 0.0746. The summed E-state index contributed by atoms with van der Waals surface area (Å²) < 4.78 is 0. The number of anilines is 1. The predicted molar refractivity (Wildman–Crippen MR) is 80.7 cm³/mol. The van der Waals surface area contributed by atoms with E-state index in [2.05, 4.69) is 0 Å². The molecule has 1 aromatic heterocycles. The SMILES string of the molecule is CC(c1cccs1)N(C)C(=O)c1ccc(Cl)cc1N. The maximum atomic E-state index is 12.4. The minimum Gasteiger partial charge on any atom is -0.398 e. The lowest BCUT2D eigenvalue weighted by atomic mass is 10.1. The van der Waals surface area contributed by atoms with Crippen LogP contribution in [-0.4, -0.2) is 17.9 Å². The number of hydrogen-bond acceptors (Lipinski definition) is 3. The highest BCUT2D eigenvalue weighted by Crippen LogP contribution is 2.26. The summed E-state index contributed by atoms with van der Waals surface area (Å²) in [7, 11) is 1.78. The monoisotopic (exact) mass is 294 g/mol. The smallest absolute Gasteiger partial charge is 0.256 e. The van der Waals surface area contributed by atoms with E-state index in [0.29, 0.717) is 16.3 Å². The van der Waals surface area contributed by atoms with E-state index in [-0.39, 0.29) is 11.9 Å². The Morgan fingerprint density at radius 2 is 2.16 bits per heavy atom. The van der Waals surface area contributed by atoms with Gasteiger partial charge in [0, 0.05) is 22.6 Å². The van der Waals surface area contributed by atoms with Crippen molar-refractivity contribution in [2.45, 2.75) is 13.0 Å². The van der Waals surface area contributed by atoms with E-state index in [4.69, 9.17) is 17.3 Å². The van der Waals surface area contributed by atoms with Crippen molar-refractivity contribution in [1.29, 1.82) is 0 Å². The Hall–Kier alpha value is -1.52. The molecule has 2 rings (SSSR count). The van der Waals surface area contributed by atoms with E-state index in [1.165, 1.54) is 0 Å². The Bertz CT molecular complexity index is 583. The molecule has 2 N–H and O–H groups in total. The molecular weight excluding hydrogens is 280 g/mol. The molecule has 5 heteroatoms. The fourth-order valence-electron chi connectivity index (χ4n) is 1.81. The lowest BCUT2D eigenvalue weighted by Gasteiger charge is -2.24. The number of nitrogens with zero attached hydrogens (tertiary/aromatic N) is 1. The van der Waals surface area contributed by atoms with Gasteiger partial charge in [-0.3, -0.25) is 4.79 Å². The number of halogens is 1. The van der Waals surface area contributed by atoms with Gasteiger partial charge in [0.1, 0.15) is 0 Å². The van der Waals surface area contributed by atoms with Gasteiger partial charge in [-0.15, -0.1) is 11.3 Å². The van der Waals surface area contributed by atoms with E-state index >= 15 is 0 Å². The van der Waals surface area contributed by atoms with Crippen LogP contribution in [-0.2, 0) is 0 Å². The average molecular weight is 295 g/mol. The summed E-state index contributed by atoms with van der Waals surface area (Å²) in [6, 6.07) is 8.95. The minimum absolute atomic E-state index is 0.0163. The van der Waals surface area contributed by atoms with Crippen molar-refractivity contribution >= 4 is 34.5 Å². The fraction of sp³-hybridized carbons (Fsp3) is 0.214. The third-order valence-corrected chi connectivity index (χ3v) is 4.38. The lowest BCUT2D eigenvalue weighted by Crippen LogP contribution is -2.29. The number of carbonyl (C=O) groups excluding carboxylic acids is 1. The molecule has 1 heterocycles. The summed E-state index contributed by atoms with van der Waals surface area (Å²) in [6.45, 7) is 2.00. The molecule has 0 bridgehead atoms. The predicted octanol–water partition coefficient (Wildman–Crippen LogP) is 3.82. The van der Waals surface area contributed by atoms with Crippen molar-refractivity contribution < 1.29 is 4.79 Å². The van der Waals surface area contributed by atoms with E-state index in [9.17, 15) is 4.79 Å². The highest BCUT2D eigenvalue weighted by Gasteiger charge is 2.21. The molecule has 1 amide bonds. The fourth-order valence-corrected chi connectivity index (χ4v) is 2.82. The Morgan fingerprint density at radius 1 is 1.42 bits per heavy atom. The van der Waals surface area contributed by atoms with Crippen LogP contribution in [0.1, 0.15) is 28.2 Å². The molecule has 0 saturated carbocycles. The van der Waals surface area contributed by atoms with Gasteiger partial charge in [0.15, 0.2) is 0 Å².